The number of methoxy groups -OCH3 is 1. The third-order valence-corrected chi connectivity index (χ3v) is 3.72. The fourth-order valence-corrected chi connectivity index (χ4v) is 2.43. The number of amides is 1. The number of ether oxygens (including phenoxy) is 3. The Kier molecular flexibility index (Phi) is 6.87. The number of hydrogen-bond donors (Lipinski definition) is 0. The van der Waals surface area contributed by atoms with Crippen molar-refractivity contribution in [2.45, 2.75) is 25.4 Å². The van der Waals surface area contributed by atoms with Crippen LogP contribution in [-0.2, 0) is 19.1 Å². The predicted molar refractivity (Wildman–Crippen MR) is 84.1 cm³/mol. The van der Waals surface area contributed by atoms with E-state index in [0.717, 1.165) is 19.4 Å². The zero-order valence-electron chi connectivity index (χ0n) is 13.4. The van der Waals surface area contributed by atoms with Crippen LogP contribution in [0.25, 0.3) is 0 Å². The van der Waals surface area contributed by atoms with E-state index in [1.165, 1.54) is 7.11 Å². The van der Waals surface area contributed by atoms with Gasteiger partial charge in [0.05, 0.1) is 19.6 Å². The van der Waals surface area contributed by atoms with Crippen molar-refractivity contribution in [3.8, 4) is 5.75 Å². The lowest BCUT2D eigenvalue weighted by atomic mass is 10.2. The van der Waals surface area contributed by atoms with Crippen molar-refractivity contribution in [1.29, 1.82) is 0 Å². The van der Waals surface area contributed by atoms with E-state index in [-0.39, 0.29) is 31.0 Å². The first kappa shape index (κ1) is 17.3. The molecule has 126 valence electrons. The van der Waals surface area contributed by atoms with Crippen LogP contribution >= 0.6 is 0 Å². The van der Waals surface area contributed by atoms with Crippen molar-refractivity contribution < 1.29 is 23.8 Å². The fourth-order valence-electron chi connectivity index (χ4n) is 2.43. The third kappa shape index (κ3) is 5.90. The number of hydrogen-bond acceptors (Lipinski definition) is 5. The van der Waals surface area contributed by atoms with Crippen molar-refractivity contribution in [3.05, 3.63) is 30.3 Å². The normalized spacial score (nSPS) is 16.8. The van der Waals surface area contributed by atoms with E-state index in [1.54, 1.807) is 17.0 Å². The van der Waals surface area contributed by atoms with E-state index in [1.807, 2.05) is 18.2 Å². The second-order valence-corrected chi connectivity index (χ2v) is 5.40. The summed E-state index contributed by atoms with van der Waals surface area (Å²) in [5, 5.41) is 0. The average Bonchev–Trinajstić information content (AvgIpc) is 3.10. The van der Waals surface area contributed by atoms with Gasteiger partial charge in [-0.3, -0.25) is 9.59 Å². The van der Waals surface area contributed by atoms with Gasteiger partial charge in [-0.15, -0.1) is 0 Å². The van der Waals surface area contributed by atoms with Crippen molar-refractivity contribution in [2.24, 2.45) is 0 Å². The van der Waals surface area contributed by atoms with Crippen LogP contribution in [0, 0.1) is 0 Å². The molecular formula is C17H23NO5. The van der Waals surface area contributed by atoms with E-state index in [9.17, 15) is 9.59 Å². The summed E-state index contributed by atoms with van der Waals surface area (Å²) in [4.78, 5) is 25.4. The predicted octanol–water partition coefficient (Wildman–Crippen LogP) is 1.64. The fraction of sp³-hybridized carbons (Fsp3) is 0.529. The van der Waals surface area contributed by atoms with Crippen LogP contribution in [0.5, 0.6) is 5.75 Å². The Morgan fingerprint density at radius 2 is 2.09 bits per heavy atom. The molecule has 1 atom stereocenters. The quantitative estimate of drug-likeness (QED) is 0.681. The highest BCUT2D eigenvalue weighted by Crippen LogP contribution is 2.14. The average molecular weight is 321 g/mol. The van der Waals surface area contributed by atoms with E-state index in [2.05, 4.69) is 4.74 Å². The van der Waals surface area contributed by atoms with Gasteiger partial charge in [0.25, 0.3) is 5.91 Å². The number of esters is 1. The Bertz CT molecular complexity index is 499. The lowest BCUT2D eigenvalue weighted by molar-refractivity contribution is -0.142. The maximum atomic E-state index is 12.4. The number of para-hydroxylation sites is 1. The molecule has 1 amide bonds. The van der Waals surface area contributed by atoms with Gasteiger partial charge in [0.15, 0.2) is 6.61 Å². The maximum Gasteiger partial charge on any atom is 0.307 e. The summed E-state index contributed by atoms with van der Waals surface area (Å²) >= 11 is 0. The standard InChI is InChI=1S/C17H23NO5/c1-21-17(20)9-10-18(12-15-8-5-11-22-15)16(19)13-23-14-6-3-2-4-7-14/h2-4,6-7,15H,5,8-13H2,1H3. The second-order valence-electron chi connectivity index (χ2n) is 5.40. The Morgan fingerprint density at radius 1 is 1.30 bits per heavy atom. The van der Waals surface area contributed by atoms with Gasteiger partial charge in [-0.25, -0.2) is 0 Å². The largest absolute Gasteiger partial charge is 0.484 e. The van der Waals surface area contributed by atoms with E-state index in [4.69, 9.17) is 9.47 Å². The van der Waals surface area contributed by atoms with Crippen molar-refractivity contribution >= 4 is 11.9 Å². The zero-order valence-corrected chi connectivity index (χ0v) is 13.4. The Balaban J connectivity index is 1.87. The molecule has 0 N–H and O–H groups in total. The zero-order chi connectivity index (χ0) is 16.5. The SMILES string of the molecule is COC(=O)CCN(CC1CCCO1)C(=O)COc1ccccc1. The number of nitrogens with zero attached hydrogens (tertiary/aromatic N) is 1. The molecule has 0 saturated carbocycles. The third-order valence-electron chi connectivity index (χ3n) is 3.72. The molecule has 2 rings (SSSR count). The molecule has 0 radical (unpaired) electrons. The minimum absolute atomic E-state index is 0.0355. The molecule has 0 spiro atoms. The molecule has 0 bridgehead atoms. The van der Waals surface area contributed by atoms with Crippen LogP contribution < -0.4 is 4.74 Å². The van der Waals surface area contributed by atoms with Crippen LogP contribution in [0.2, 0.25) is 0 Å². The van der Waals surface area contributed by atoms with Gasteiger partial charge in [0.1, 0.15) is 5.75 Å². The van der Waals surface area contributed by atoms with Gasteiger partial charge >= 0.3 is 5.97 Å². The highest BCUT2D eigenvalue weighted by Gasteiger charge is 2.23. The molecule has 1 heterocycles. The first-order valence-electron chi connectivity index (χ1n) is 7.83. The minimum atomic E-state index is -0.334. The van der Waals surface area contributed by atoms with Crippen LogP contribution in [-0.4, -0.2) is 56.3 Å². The van der Waals surface area contributed by atoms with Crippen LogP contribution in [0.4, 0.5) is 0 Å². The van der Waals surface area contributed by atoms with Gasteiger partial charge in [-0.05, 0) is 25.0 Å². The first-order valence-corrected chi connectivity index (χ1v) is 7.83. The monoisotopic (exact) mass is 321 g/mol. The molecule has 1 fully saturated rings. The van der Waals surface area contributed by atoms with Crippen molar-refractivity contribution in [3.63, 3.8) is 0 Å². The topological polar surface area (TPSA) is 65.1 Å². The molecule has 6 nitrogen and oxygen atoms in total. The van der Waals surface area contributed by atoms with Gasteiger partial charge in [0.2, 0.25) is 0 Å². The molecule has 6 heteroatoms. The number of benzene rings is 1. The molecule has 1 aliphatic rings. The van der Waals surface area contributed by atoms with Crippen LogP contribution in [0.1, 0.15) is 19.3 Å². The highest BCUT2D eigenvalue weighted by molar-refractivity contribution is 5.78. The van der Waals surface area contributed by atoms with Gasteiger partial charge in [0, 0.05) is 19.7 Å². The number of carbonyl (C=O) groups excluding carboxylic acids is 2. The Labute approximate surface area is 136 Å². The van der Waals surface area contributed by atoms with Gasteiger partial charge in [-0.2, -0.15) is 0 Å². The number of rotatable bonds is 8. The lowest BCUT2D eigenvalue weighted by Gasteiger charge is -2.25. The molecule has 23 heavy (non-hydrogen) atoms. The molecule has 0 aliphatic carbocycles. The number of carbonyl (C=O) groups is 2. The Hall–Kier alpha value is -2.08. The van der Waals surface area contributed by atoms with Gasteiger partial charge in [-0.1, -0.05) is 18.2 Å². The summed E-state index contributed by atoms with van der Waals surface area (Å²) in [6, 6.07) is 9.18. The first-order chi connectivity index (χ1) is 11.2. The van der Waals surface area contributed by atoms with Crippen LogP contribution in [0.3, 0.4) is 0 Å². The molecule has 1 aliphatic heterocycles. The van der Waals surface area contributed by atoms with E-state index < -0.39 is 0 Å². The maximum absolute atomic E-state index is 12.4. The molecule has 0 aromatic heterocycles. The summed E-state index contributed by atoms with van der Waals surface area (Å²) in [6.45, 7) is 1.46. The van der Waals surface area contributed by atoms with Crippen LogP contribution in [0.15, 0.2) is 30.3 Å². The molecule has 1 aromatic carbocycles. The summed E-state index contributed by atoms with van der Waals surface area (Å²) in [6.07, 6.45) is 2.14. The molecular weight excluding hydrogens is 298 g/mol. The summed E-state index contributed by atoms with van der Waals surface area (Å²) in [5.41, 5.74) is 0. The minimum Gasteiger partial charge on any atom is -0.484 e. The second kappa shape index (κ2) is 9.15. The van der Waals surface area contributed by atoms with Crippen molar-refractivity contribution in [2.75, 3.05) is 33.4 Å². The van der Waals surface area contributed by atoms with E-state index >= 15 is 0 Å². The smallest absolute Gasteiger partial charge is 0.307 e. The molecule has 1 unspecified atom stereocenters. The van der Waals surface area contributed by atoms with Gasteiger partial charge < -0.3 is 19.1 Å². The summed E-state index contributed by atoms with van der Waals surface area (Å²) in [7, 11) is 1.34. The lowest BCUT2D eigenvalue weighted by Crippen LogP contribution is -2.41. The molecule has 1 aromatic rings. The summed E-state index contributed by atoms with van der Waals surface area (Å²) in [5.74, 6) is 0.151. The summed E-state index contributed by atoms with van der Waals surface area (Å²) < 4.78 is 15.7. The van der Waals surface area contributed by atoms with E-state index in [0.29, 0.717) is 18.8 Å². The highest BCUT2D eigenvalue weighted by atomic mass is 16.5. The molecule has 1 saturated heterocycles. The Morgan fingerprint density at radius 3 is 2.74 bits per heavy atom. The van der Waals surface area contributed by atoms with Crippen molar-refractivity contribution in [1.82, 2.24) is 4.90 Å².